The van der Waals surface area contributed by atoms with E-state index in [2.05, 4.69) is 53.8 Å². The second-order valence-corrected chi connectivity index (χ2v) is 8.34. The number of rotatable bonds is 10. The molecule has 0 spiro atoms. The molecule has 0 aliphatic rings. The standard InChI is InChI=1S/C28H30N4O2/c1-31-16-17-32(21-31)18-19-34-28(33)24-12-13-27(26(29)20-24)30-15-14-25(22-8-4-2-5-9-22)23-10-6-3-7-11-23/h2-13,16-17,20-21,25H,14-15,18-19,29H2,1H3/p+1. The highest BCUT2D eigenvalue weighted by atomic mass is 16.5. The summed E-state index contributed by atoms with van der Waals surface area (Å²) in [6.45, 7) is 1.65. The SMILES string of the molecule is C[n+]1ccn(CCOC(=O)c2ccc(NCCC(c3ccccc3)c3ccccc3)c(N)c2)c1. The summed E-state index contributed by atoms with van der Waals surface area (Å²) >= 11 is 0. The Hall–Kier alpha value is -4.06. The van der Waals surface area contributed by atoms with Gasteiger partial charge in [0.15, 0.2) is 0 Å². The van der Waals surface area contributed by atoms with Crippen molar-refractivity contribution in [1.82, 2.24) is 4.57 Å². The highest BCUT2D eigenvalue weighted by Gasteiger charge is 2.14. The first-order chi connectivity index (χ1) is 16.6. The molecule has 3 aromatic carbocycles. The van der Waals surface area contributed by atoms with Gasteiger partial charge in [-0.05, 0) is 35.7 Å². The monoisotopic (exact) mass is 455 g/mol. The average molecular weight is 456 g/mol. The Bertz CT molecular complexity index is 1170. The molecule has 0 aliphatic carbocycles. The summed E-state index contributed by atoms with van der Waals surface area (Å²) in [5, 5.41) is 3.43. The van der Waals surface area contributed by atoms with Crippen LogP contribution in [0, 0.1) is 0 Å². The number of hydrogen-bond acceptors (Lipinski definition) is 4. The Balaban J connectivity index is 1.33. The van der Waals surface area contributed by atoms with Crippen LogP contribution in [0.5, 0.6) is 0 Å². The molecule has 34 heavy (non-hydrogen) atoms. The second kappa shape index (κ2) is 11.2. The number of imidazole rings is 1. The molecule has 1 aromatic heterocycles. The van der Waals surface area contributed by atoms with E-state index in [0.29, 0.717) is 24.4 Å². The Labute approximate surface area is 200 Å². The molecule has 6 heteroatoms. The van der Waals surface area contributed by atoms with Crippen molar-refractivity contribution < 1.29 is 14.1 Å². The van der Waals surface area contributed by atoms with Gasteiger partial charge in [0.1, 0.15) is 25.5 Å². The van der Waals surface area contributed by atoms with Gasteiger partial charge >= 0.3 is 5.97 Å². The molecule has 3 N–H and O–H groups in total. The normalized spacial score (nSPS) is 10.9. The zero-order valence-corrected chi connectivity index (χ0v) is 19.4. The molecule has 0 bridgehead atoms. The van der Waals surface area contributed by atoms with Gasteiger partial charge in [0, 0.05) is 12.5 Å². The largest absolute Gasteiger partial charge is 0.458 e. The van der Waals surface area contributed by atoms with Crippen molar-refractivity contribution in [3.8, 4) is 0 Å². The number of esters is 1. The lowest BCUT2D eigenvalue weighted by molar-refractivity contribution is -0.671. The number of nitrogen functional groups attached to an aromatic ring is 1. The van der Waals surface area contributed by atoms with Gasteiger partial charge < -0.3 is 15.8 Å². The minimum Gasteiger partial charge on any atom is -0.458 e. The predicted molar refractivity (Wildman–Crippen MR) is 135 cm³/mol. The molecule has 0 fully saturated rings. The van der Waals surface area contributed by atoms with E-state index in [4.69, 9.17) is 10.5 Å². The molecule has 0 saturated carbocycles. The van der Waals surface area contributed by atoms with Crippen LogP contribution in [0.1, 0.15) is 33.8 Å². The number of aromatic nitrogens is 2. The molecule has 0 unspecified atom stereocenters. The van der Waals surface area contributed by atoms with Crippen LogP contribution < -0.4 is 15.6 Å². The van der Waals surface area contributed by atoms with E-state index >= 15 is 0 Å². The van der Waals surface area contributed by atoms with Crippen LogP contribution in [-0.4, -0.2) is 23.7 Å². The lowest BCUT2D eigenvalue weighted by Crippen LogP contribution is -2.24. The summed E-state index contributed by atoms with van der Waals surface area (Å²) < 4.78 is 9.31. The number of hydrogen-bond donors (Lipinski definition) is 2. The van der Waals surface area contributed by atoms with Crippen LogP contribution in [0.4, 0.5) is 11.4 Å². The number of carbonyl (C=O) groups is 1. The van der Waals surface area contributed by atoms with Crippen molar-refractivity contribution in [3.05, 3.63) is 114 Å². The van der Waals surface area contributed by atoms with Gasteiger partial charge in [-0.3, -0.25) is 0 Å². The number of ether oxygens (including phenoxy) is 1. The topological polar surface area (TPSA) is 73.2 Å². The maximum absolute atomic E-state index is 12.4. The highest BCUT2D eigenvalue weighted by molar-refractivity contribution is 5.91. The van der Waals surface area contributed by atoms with E-state index < -0.39 is 0 Å². The lowest BCUT2D eigenvalue weighted by Gasteiger charge is -2.19. The first-order valence-corrected chi connectivity index (χ1v) is 11.5. The maximum Gasteiger partial charge on any atom is 0.338 e. The summed E-state index contributed by atoms with van der Waals surface area (Å²) in [5.74, 6) is -0.0872. The van der Waals surface area contributed by atoms with Crippen molar-refractivity contribution >= 4 is 17.3 Å². The van der Waals surface area contributed by atoms with Gasteiger partial charge in [0.25, 0.3) is 0 Å². The number of aryl methyl sites for hydroxylation is 1. The molecule has 0 atom stereocenters. The van der Waals surface area contributed by atoms with Crippen molar-refractivity contribution in [2.45, 2.75) is 18.9 Å². The number of anilines is 2. The minimum absolute atomic E-state index is 0.285. The number of nitrogens with two attached hydrogens (primary N) is 1. The maximum atomic E-state index is 12.4. The lowest BCUT2D eigenvalue weighted by atomic mass is 9.88. The van der Waals surface area contributed by atoms with E-state index in [1.54, 1.807) is 12.1 Å². The Kier molecular flexibility index (Phi) is 7.60. The van der Waals surface area contributed by atoms with Crippen LogP contribution in [0.3, 0.4) is 0 Å². The summed E-state index contributed by atoms with van der Waals surface area (Å²) in [6.07, 6.45) is 6.73. The van der Waals surface area contributed by atoms with E-state index in [0.717, 1.165) is 18.7 Å². The van der Waals surface area contributed by atoms with Crippen molar-refractivity contribution in [1.29, 1.82) is 0 Å². The summed E-state index contributed by atoms with van der Waals surface area (Å²) in [7, 11) is 1.95. The van der Waals surface area contributed by atoms with Crippen molar-refractivity contribution in [3.63, 3.8) is 0 Å². The van der Waals surface area contributed by atoms with E-state index in [1.807, 2.05) is 53.1 Å². The molecule has 4 rings (SSSR count). The number of nitrogens with one attached hydrogen (secondary N) is 1. The van der Waals surface area contributed by atoms with Crippen LogP contribution in [0.15, 0.2) is 97.6 Å². The molecular weight excluding hydrogens is 424 g/mol. The molecular formula is C28H31N4O2+. The Morgan fingerprint density at radius 1 is 1.03 bits per heavy atom. The molecule has 4 aromatic rings. The third-order valence-electron chi connectivity index (χ3n) is 5.85. The number of nitrogens with zero attached hydrogens (tertiary/aromatic N) is 2. The van der Waals surface area contributed by atoms with E-state index in [-0.39, 0.29) is 11.9 Å². The first kappa shape index (κ1) is 23.1. The molecule has 0 amide bonds. The second-order valence-electron chi connectivity index (χ2n) is 8.34. The summed E-state index contributed by atoms with van der Waals surface area (Å²) in [4.78, 5) is 12.4. The zero-order valence-electron chi connectivity index (χ0n) is 19.4. The molecule has 0 saturated heterocycles. The third-order valence-corrected chi connectivity index (χ3v) is 5.85. The first-order valence-electron chi connectivity index (χ1n) is 11.5. The quantitative estimate of drug-likeness (QED) is 0.211. The fraction of sp³-hybridized carbons (Fsp3) is 0.214. The van der Waals surface area contributed by atoms with Gasteiger partial charge in [-0.2, -0.15) is 0 Å². The molecule has 174 valence electrons. The molecule has 1 heterocycles. The predicted octanol–water partition coefficient (Wildman–Crippen LogP) is 4.39. The summed E-state index contributed by atoms with van der Waals surface area (Å²) in [6, 6.07) is 26.3. The number of carbonyl (C=O) groups excluding carboxylic acids is 1. The van der Waals surface area contributed by atoms with Gasteiger partial charge in [-0.25, -0.2) is 13.9 Å². The van der Waals surface area contributed by atoms with E-state index in [1.165, 1.54) is 11.1 Å². The molecule has 0 radical (unpaired) electrons. The van der Waals surface area contributed by atoms with Crippen LogP contribution >= 0.6 is 0 Å². The highest BCUT2D eigenvalue weighted by Crippen LogP contribution is 2.28. The van der Waals surface area contributed by atoms with Crippen molar-refractivity contribution in [2.24, 2.45) is 7.05 Å². The van der Waals surface area contributed by atoms with Crippen LogP contribution in [0.2, 0.25) is 0 Å². The Morgan fingerprint density at radius 3 is 2.29 bits per heavy atom. The average Bonchev–Trinajstić information content (AvgIpc) is 3.28. The smallest absolute Gasteiger partial charge is 0.338 e. The van der Waals surface area contributed by atoms with Gasteiger partial charge in [-0.1, -0.05) is 60.7 Å². The minimum atomic E-state index is -0.372. The molecule has 6 nitrogen and oxygen atoms in total. The zero-order chi connectivity index (χ0) is 23.8. The fourth-order valence-electron chi connectivity index (χ4n) is 4.06. The van der Waals surface area contributed by atoms with Crippen LogP contribution in [0.25, 0.3) is 0 Å². The van der Waals surface area contributed by atoms with Gasteiger partial charge in [0.2, 0.25) is 6.33 Å². The fourth-order valence-corrected chi connectivity index (χ4v) is 4.06. The number of benzene rings is 3. The Morgan fingerprint density at radius 2 is 1.71 bits per heavy atom. The molecule has 0 aliphatic heterocycles. The summed E-state index contributed by atoms with van der Waals surface area (Å²) in [5.41, 5.74) is 10.6. The van der Waals surface area contributed by atoms with E-state index in [9.17, 15) is 4.79 Å². The third kappa shape index (κ3) is 6.04. The van der Waals surface area contributed by atoms with Gasteiger partial charge in [0.05, 0.1) is 24.0 Å². The van der Waals surface area contributed by atoms with Gasteiger partial charge in [-0.15, -0.1) is 0 Å². The van der Waals surface area contributed by atoms with Crippen LogP contribution in [-0.2, 0) is 18.3 Å². The van der Waals surface area contributed by atoms with Crippen molar-refractivity contribution in [2.75, 3.05) is 24.2 Å².